The summed E-state index contributed by atoms with van der Waals surface area (Å²) in [6.45, 7) is 9.24. The maximum absolute atomic E-state index is 12.0. The Kier molecular flexibility index (Phi) is 4.08. The summed E-state index contributed by atoms with van der Waals surface area (Å²) >= 11 is 1.76. The van der Waals surface area contributed by atoms with Gasteiger partial charge < -0.3 is 4.90 Å². The highest BCUT2D eigenvalue weighted by Crippen LogP contribution is 2.37. The van der Waals surface area contributed by atoms with Gasteiger partial charge in [-0.15, -0.1) is 11.3 Å². The van der Waals surface area contributed by atoms with Gasteiger partial charge in [0.15, 0.2) is 10.9 Å². The summed E-state index contributed by atoms with van der Waals surface area (Å²) in [6.07, 6.45) is 6.50. The van der Waals surface area contributed by atoms with Crippen LogP contribution >= 0.6 is 11.3 Å². The molecular formula is C17H26N2OS. The molecule has 1 atom stereocenters. The van der Waals surface area contributed by atoms with Gasteiger partial charge in [0.1, 0.15) is 5.69 Å². The van der Waals surface area contributed by atoms with Crippen molar-refractivity contribution in [3.8, 4) is 0 Å². The van der Waals surface area contributed by atoms with E-state index in [0.29, 0.717) is 11.8 Å². The van der Waals surface area contributed by atoms with Crippen molar-refractivity contribution in [1.29, 1.82) is 0 Å². The van der Waals surface area contributed by atoms with Crippen LogP contribution in [0.4, 0.5) is 5.13 Å². The first kappa shape index (κ1) is 15.0. The van der Waals surface area contributed by atoms with Gasteiger partial charge in [0, 0.05) is 24.4 Å². The molecule has 0 amide bonds. The fraction of sp³-hybridized carbons (Fsp3) is 0.765. The number of fused-ring (bicyclic) bond motifs is 1. The average molecular weight is 306 g/mol. The first-order chi connectivity index (χ1) is 9.95. The van der Waals surface area contributed by atoms with E-state index in [4.69, 9.17) is 0 Å². The number of nitrogens with zero attached hydrogens (tertiary/aromatic N) is 2. The van der Waals surface area contributed by atoms with Crippen LogP contribution in [0, 0.1) is 11.3 Å². The monoisotopic (exact) mass is 306 g/mol. The second kappa shape index (κ2) is 5.71. The van der Waals surface area contributed by atoms with Crippen LogP contribution < -0.4 is 4.90 Å². The molecule has 0 bridgehead atoms. The van der Waals surface area contributed by atoms with Gasteiger partial charge in [0.25, 0.3) is 0 Å². The predicted octanol–water partition coefficient (Wildman–Crippen LogP) is 4.31. The van der Waals surface area contributed by atoms with Gasteiger partial charge in [-0.3, -0.25) is 4.79 Å². The molecule has 0 saturated carbocycles. The molecule has 0 radical (unpaired) electrons. The number of Topliss-reactive ketones (excluding diaryl/α,β-unsaturated/α-hetero) is 1. The molecule has 1 unspecified atom stereocenters. The van der Waals surface area contributed by atoms with Crippen LogP contribution in [0.2, 0.25) is 0 Å². The van der Waals surface area contributed by atoms with Crippen molar-refractivity contribution in [2.75, 3.05) is 18.0 Å². The number of hydrogen-bond donors (Lipinski definition) is 0. The van der Waals surface area contributed by atoms with Crippen molar-refractivity contribution in [2.45, 2.75) is 59.3 Å². The lowest BCUT2D eigenvalue weighted by molar-refractivity contribution is 0.0968. The maximum Gasteiger partial charge on any atom is 0.186 e. The summed E-state index contributed by atoms with van der Waals surface area (Å²) in [5, 5.41) is 1.09. The first-order valence-electron chi connectivity index (χ1n) is 8.23. The minimum Gasteiger partial charge on any atom is -0.348 e. The Labute approximate surface area is 131 Å². The third-order valence-electron chi connectivity index (χ3n) is 4.98. The standard InChI is InChI=1S/C17H26N2OS/c1-17(2,3)12-6-5-10-19(11-9-12)16-18-15-13(20)7-4-8-14(15)21-16/h12H,4-11H2,1-3H3. The lowest BCUT2D eigenvalue weighted by Gasteiger charge is -2.29. The van der Waals surface area contributed by atoms with Crippen LogP contribution in [0.25, 0.3) is 0 Å². The molecule has 2 heterocycles. The quantitative estimate of drug-likeness (QED) is 0.775. The third kappa shape index (κ3) is 3.15. The van der Waals surface area contributed by atoms with Crippen LogP contribution in [0.5, 0.6) is 0 Å². The van der Waals surface area contributed by atoms with Gasteiger partial charge in [-0.1, -0.05) is 20.8 Å². The van der Waals surface area contributed by atoms with Crippen molar-refractivity contribution >= 4 is 22.3 Å². The van der Waals surface area contributed by atoms with Crippen LogP contribution in [0.1, 0.15) is 68.2 Å². The molecule has 0 N–H and O–H groups in total. The molecule has 3 nitrogen and oxygen atoms in total. The zero-order chi connectivity index (χ0) is 15.0. The maximum atomic E-state index is 12.0. The fourth-order valence-corrected chi connectivity index (χ4v) is 4.72. The largest absolute Gasteiger partial charge is 0.348 e. The number of aryl methyl sites for hydroxylation is 1. The molecule has 4 heteroatoms. The van der Waals surface area contributed by atoms with Crippen LogP contribution in [0.15, 0.2) is 0 Å². The number of rotatable bonds is 1. The lowest BCUT2D eigenvalue weighted by atomic mass is 9.77. The summed E-state index contributed by atoms with van der Waals surface area (Å²) in [7, 11) is 0. The highest BCUT2D eigenvalue weighted by Gasteiger charge is 2.29. The van der Waals surface area contributed by atoms with Crippen molar-refractivity contribution in [2.24, 2.45) is 11.3 Å². The minimum absolute atomic E-state index is 0.251. The summed E-state index contributed by atoms with van der Waals surface area (Å²) in [4.78, 5) is 20.3. The van der Waals surface area contributed by atoms with Crippen molar-refractivity contribution in [3.63, 3.8) is 0 Å². The molecule has 1 aliphatic heterocycles. The van der Waals surface area contributed by atoms with E-state index >= 15 is 0 Å². The number of thiazole rings is 1. The van der Waals surface area contributed by atoms with Crippen molar-refractivity contribution in [1.82, 2.24) is 4.98 Å². The Morgan fingerprint density at radius 3 is 2.67 bits per heavy atom. The van der Waals surface area contributed by atoms with E-state index in [1.807, 2.05) is 0 Å². The number of aromatic nitrogens is 1. The van der Waals surface area contributed by atoms with E-state index in [1.165, 1.54) is 24.1 Å². The summed E-state index contributed by atoms with van der Waals surface area (Å²) in [6, 6.07) is 0. The van der Waals surface area contributed by atoms with Crippen molar-refractivity contribution in [3.05, 3.63) is 10.6 Å². The first-order valence-corrected chi connectivity index (χ1v) is 9.04. The Morgan fingerprint density at radius 1 is 1.14 bits per heavy atom. The molecular weight excluding hydrogens is 280 g/mol. The van der Waals surface area contributed by atoms with Crippen LogP contribution in [0.3, 0.4) is 0 Å². The molecule has 1 saturated heterocycles. The molecule has 0 spiro atoms. The predicted molar refractivity (Wildman–Crippen MR) is 88.4 cm³/mol. The average Bonchev–Trinajstić information content (AvgIpc) is 2.68. The molecule has 1 aliphatic carbocycles. The van der Waals surface area contributed by atoms with Gasteiger partial charge in [-0.2, -0.15) is 0 Å². The number of carbonyl (C=O) groups is 1. The van der Waals surface area contributed by atoms with Gasteiger partial charge in [-0.05, 0) is 43.4 Å². The van der Waals surface area contributed by atoms with Gasteiger partial charge in [0.2, 0.25) is 0 Å². The van der Waals surface area contributed by atoms with Gasteiger partial charge in [-0.25, -0.2) is 4.98 Å². The fourth-order valence-electron chi connectivity index (χ4n) is 3.54. The molecule has 1 aromatic heterocycles. The number of ketones is 1. The molecule has 1 fully saturated rings. The van der Waals surface area contributed by atoms with Gasteiger partial charge in [0.05, 0.1) is 0 Å². The number of anilines is 1. The molecule has 2 aliphatic rings. The summed E-state index contributed by atoms with van der Waals surface area (Å²) < 4.78 is 0. The van der Waals surface area contributed by atoms with E-state index in [1.54, 1.807) is 11.3 Å². The molecule has 3 rings (SSSR count). The van der Waals surface area contributed by atoms with E-state index in [2.05, 4.69) is 30.7 Å². The minimum atomic E-state index is 0.251. The summed E-state index contributed by atoms with van der Waals surface area (Å²) in [5.41, 5.74) is 1.17. The SMILES string of the molecule is CC(C)(C)C1CCCN(c2nc3c(s2)CCCC3=O)CC1. The second-order valence-corrected chi connectivity index (χ2v) is 8.59. The highest BCUT2D eigenvalue weighted by molar-refractivity contribution is 7.16. The topological polar surface area (TPSA) is 33.2 Å². The number of carbonyl (C=O) groups excluding carboxylic acids is 1. The normalized spacial score (nSPS) is 23.9. The van der Waals surface area contributed by atoms with Crippen LogP contribution in [-0.2, 0) is 6.42 Å². The Balaban J connectivity index is 1.74. The Bertz CT molecular complexity index is 529. The smallest absolute Gasteiger partial charge is 0.186 e. The van der Waals surface area contributed by atoms with Crippen LogP contribution in [-0.4, -0.2) is 23.9 Å². The highest BCUT2D eigenvalue weighted by atomic mass is 32.1. The van der Waals surface area contributed by atoms with Crippen molar-refractivity contribution < 1.29 is 4.79 Å². The van der Waals surface area contributed by atoms with E-state index < -0.39 is 0 Å². The molecule has 21 heavy (non-hydrogen) atoms. The summed E-state index contributed by atoms with van der Waals surface area (Å²) in [5.74, 6) is 1.04. The second-order valence-electron chi connectivity index (χ2n) is 7.53. The molecule has 0 aromatic carbocycles. The Morgan fingerprint density at radius 2 is 1.95 bits per heavy atom. The van der Waals surface area contributed by atoms with E-state index in [0.717, 1.165) is 42.7 Å². The molecule has 116 valence electrons. The zero-order valence-corrected chi connectivity index (χ0v) is 14.3. The van der Waals surface area contributed by atoms with E-state index in [-0.39, 0.29) is 5.78 Å². The van der Waals surface area contributed by atoms with Gasteiger partial charge >= 0.3 is 0 Å². The molecule has 1 aromatic rings. The lowest BCUT2D eigenvalue weighted by Crippen LogP contribution is -2.26. The Hall–Kier alpha value is -0.900. The van der Waals surface area contributed by atoms with E-state index in [9.17, 15) is 4.79 Å². The zero-order valence-electron chi connectivity index (χ0n) is 13.4. The number of hydrogen-bond acceptors (Lipinski definition) is 4. The third-order valence-corrected chi connectivity index (χ3v) is 6.16.